The highest BCUT2D eigenvalue weighted by molar-refractivity contribution is 7.10. The monoisotopic (exact) mass is 300 g/mol. The lowest BCUT2D eigenvalue weighted by Gasteiger charge is -2.24. The first-order chi connectivity index (χ1) is 9.29. The first-order valence-corrected chi connectivity index (χ1v) is 6.98. The highest BCUT2D eigenvalue weighted by atomic mass is 32.1. The smallest absolute Gasteiger partial charge is 0.369 e. The van der Waals surface area contributed by atoms with E-state index in [9.17, 15) is 13.2 Å². The summed E-state index contributed by atoms with van der Waals surface area (Å²) in [7, 11) is 0. The van der Waals surface area contributed by atoms with Gasteiger partial charge < -0.3 is 5.32 Å². The summed E-state index contributed by atoms with van der Waals surface area (Å²) in [5, 5.41) is 5.09. The number of rotatable bonds is 4. The van der Waals surface area contributed by atoms with Crippen LogP contribution in [0.3, 0.4) is 0 Å². The van der Waals surface area contributed by atoms with Gasteiger partial charge in [0.2, 0.25) is 0 Å². The maximum atomic E-state index is 12.4. The van der Waals surface area contributed by atoms with Crippen molar-refractivity contribution in [2.45, 2.75) is 25.4 Å². The van der Waals surface area contributed by atoms with Gasteiger partial charge in [-0.1, -0.05) is 19.9 Å². The summed E-state index contributed by atoms with van der Waals surface area (Å²) in [5.41, 5.74) is -0.834. The zero-order valence-electron chi connectivity index (χ0n) is 11.2. The van der Waals surface area contributed by atoms with Crippen LogP contribution in [0.5, 0.6) is 0 Å². The molecule has 0 radical (unpaired) electrons. The molecule has 0 unspecified atom stereocenters. The van der Waals surface area contributed by atoms with Crippen LogP contribution in [0, 0.1) is 0 Å². The number of thiophene rings is 1. The van der Waals surface area contributed by atoms with Crippen molar-refractivity contribution in [2.24, 2.45) is 0 Å². The van der Waals surface area contributed by atoms with Crippen molar-refractivity contribution in [2.75, 3.05) is 11.9 Å². The third-order valence-electron chi connectivity index (χ3n) is 2.99. The van der Waals surface area contributed by atoms with Crippen molar-refractivity contribution in [3.8, 4) is 0 Å². The first-order valence-electron chi connectivity index (χ1n) is 6.10. The minimum absolute atomic E-state index is 0.0987. The Morgan fingerprint density at radius 2 is 1.95 bits per heavy atom. The lowest BCUT2D eigenvalue weighted by molar-refractivity contribution is -0.137. The van der Waals surface area contributed by atoms with Crippen molar-refractivity contribution in [1.82, 2.24) is 4.98 Å². The van der Waals surface area contributed by atoms with E-state index in [2.05, 4.69) is 24.1 Å². The summed E-state index contributed by atoms with van der Waals surface area (Å²) in [5.74, 6) is 0.447. The summed E-state index contributed by atoms with van der Waals surface area (Å²) in [6.07, 6.45) is -3.50. The Labute approximate surface area is 119 Å². The highest BCUT2D eigenvalue weighted by Gasteiger charge is 2.30. The van der Waals surface area contributed by atoms with Crippen molar-refractivity contribution in [3.63, 3.8) is 0 Å². The molecule has 2 nitrogen and oxygen atoms in total. The normalized spacial score (nSPS) is 12.4. The molecular weight excluding hydrogens is 285 g/mol. The van der Waals surface area contributed by atoms with E-state index in [0.29, 0.717) is 12.4 Å². The Balaban J connectivity index is 2.01. The molecule has 1 N–H and O–H groups in total. The second-order valence-electron chi connectivity index (χ2n) is 5.14. The maximum absolute atomic E-state index is 12.4. The van der Waals surface area contributed by atoms with Crippen molar-refractivity contribution >= 4 is 17.2 Å². The molecule has 0 amide bonds. The third-order valence-corrected chi connectivity index (χ3v) is 4.23. The van der Waals surface area contributed by atoms with Gasteiger partial charge in [-0.3, -0.25) is 0 Å². The number of nitrogens with zero attached hydrogens (tertiary/aromatic N) is 1. The van der Waals surface area contributed by atoms with E-state index in [4.69, 9.17) is 0 Å². The predicted octanol–water partition coefficient (Wildman–Crippen LogP) is 4.55. The topological polar surface area (TPSA) is 24.9 Å². The maximum Gasteiger partial charge on any atom is 0.417 e. The van der Waals surface area contributed by atoms with Crippen molar-refractivity contribution in [1.29, 1.82) is 0 Å². The van der Waals surface area contributed by atoms with Gasteiger partial charge >= 0.3 is 6.18 Å². The Morgan fingerprint density at radius 3 is 2.45 bits per heavy atom. The molecule has 0 saturated carbocycles. The Morgan fingerprint density at radius 1 is 1.20 bits per heavy atom. The van der Waals surface area contributed by atoms with Crippen LogP contribution in [0.1, 0.15) is 24.3 Å². The van der Waals surface area contributed by atoms with Crippen molar-refractivity contribution in [3.05, 3.63) is 46.3 Å². The van der Waals surface area contributed by atoms with Crippen LogP contribution in [0.15, 0.2) is 35.8 Å². The average molecular weight is 300 g/mol. The fraction of sp³-hybridized carbons (Fsp3) is 0.357. The second kappa shape index (κ2) is 5.44. The third kappa shape index (κ3) is 3.50. The van der Waals surface area contributed by atoms with E-state index in [1.54, 1.807) is 11.3 Å². The van der Waals surface area contributed by atoms with Gasteiger partial charge in [0.15, 0.2) is 0 Å². The van der Waals surface area contributed by atoms with Gasteiger partial charge in [-0.15, -0.1) is 11.3 Å². The molecule has 0 spiro atoms. The number of aromatic nitrogens is 1. The molecule has 20 heavy (non-hydrogen) atoms. The van der Waals surface area contributed by atoms with E-state index in [0.717, 1.165) is 12.3 Å². The summed E-state index contributed by atoms with van der Waals surface area (Å²) in [6, 6.07) is 6.42. The molecule has 2 heterocycles. The fourth-order valence-corrected chi connectivity index (χ4v) is 2.58. The molecule has 0 bridgehead atoms. The summed E-state index contributed by atoms with van der Waals surface area (Å²) in [4.78, 5) is 5.02. The number of alkyl halides is 3. The average Bonchev–Trinajstić information content (AvgIpc) is 2.90. The number of pyridine rings is 1. The highest BCUT2D eigenvalue weighted by Crippen LogP contribution is 2.30. The molecule has 2 rings (SSSR count). The van der Waals surface area contributed by atoms with Gasteiger partial charge in [0.1, 0.15) is 5.82 Å². The molecule has 108 valence electrons. The molecule has 0 saturated heterocycles. The van der Waals surface area contributed by atoms with Crippen LogP contribution >= 0.6 is 11.3 Å². The molecule has 0 aliphatic rings. The van der Waals surface area contributed by atoms with Gasteiger partial charge in [-0.25, -0.2) is 4.98 Å². The van der Waals surface area contributed by atoms with Gasteiger partial charge in [0.05, 0.1) is 5.56 Å². The Hall–Kier alpha value is -1.56. The molecule has 0 aromatic carbocycles. The molecule has 0 fully saturated rings. The van der Waals surface area contributed by atoms with Crippen LogP contribution < -0.4 is 5.32 Å². The Kier molecular flexibility index (Phi) is 4.04. The lowest BCUT2D eigenvalue weighted by Crippen LogP contribution is -2.26. The number of hydrogen-bond acceptors (Lipinski definition) is 3. The number of anilines is 1. The molecule has 6 heteroatoms. The van der Waals surface area contributed by atoms with Gasteiger partial charge in [0, 0.05) is 23.0 Å². The number of halogens is 3. The number of hydrogen-bond donors (Lipinski definition) is 1. The Bertz CT molecular complexity index is 545. The molecule has 0 aliphatic carbocycles. The van der Waals surface area contributed by atoms with E-state index in [1.807, 2.05) is 17.5 Å². The second-order valence-corrected chi connectivity index (χ2v) is 6.09. The van der Waals surface area contributed by atoms with Crippen LogP contribution in [-0.2, 0) is 11.6 Å². The van der Waals surface area contributed by atoms with Crippen molar-refractivity contribution < 1.29 is 13.2 Å². The zero-order valence-corrected chi connectivity index (χ0v) is 12.0. The largest absolute Gasteiger partial charge is 0.417 e. The molecule has 2 aromatic heterocycles. The zero-order chi connectivity index (χ0) is 14.8. The molecule has 0 aliphatic heterocycles. The number of nitrogens with one attached hydrogen (secondary N) is 1. The fourth-order valence-electron chi connectivity index (χ4n) is 1.73. The lowest BCUT2D eigenvalue weighted by atomic mass is 9.91. The van der Waals surface area contributed by atoms with Crippen LogP contribution in [-0.4, -0.2) is 11.5 Å². The van der Waals surface area contributed by atoms with Crippen LogP contribution in [0.25, 0.3) is 0 Å². The summed E-state index contributed by atoms with van der Waals surface area (Å²) >= 11 is 1.66. The van der Waals surface area contributed by atoms with Crippen LogP contribution in [0.2, 0.25) is 0 Å². The molecule has 2 aromatic rings. The molecule has 0 atom stereocenters. The predicted molar refractivity (Wildman–Crippen MR) is 75.1 cm³/mol. The quantitative estimate of drug-likeness (QED) is 0.896. The van der Waals surface area contributed by atoms with E-state index < -0.39 is 11.7 Å². The van der Waals surface area contributed by atoms with E-state index >= 15 is 0 Å². The minimum Gasteiger partial charge on any atom is -0.369 e. The standard InChI is InChI=1S/C14H15F3N2S/c1-13(2,11-4-3-7-20-11)9-19-12-6-5-10(8-18-12)14(15,16)17/h3-8H,9H2,1-2H3,(H,18,19). The minimum atomic E-state index is -4.35. The summed E-state index contributed by atoms with van der Waals surface area (Å²) in [6.45, 7) is 4.76. The van der Waals surface area contributed by atoms with Gasteiger partial charge in [0.25, 0.3) is 0 Å². The molecular formula is C14H15F3N2S. The first kappa shape index (κ1) is 14.8. The SMILES string of the molecule is CC(C)(CNc1ccc(C(F)(F)F)cn1)c1cccs1. The van der Waals surface area contributed by atoms with Gasteiger partial charge in [-0.05, 0) is 23.6 Å². The van der Waals surface area contributed by atoms with Gasteiger partial charge in [-0.2, -0.15) is 13.2 Å². The van der Waals surface area contributed by atoms with E-state index in [-0.39, 0.29) is 5.41 Å². The summed E-state index contributed by atoms with van der Waals surface area (Å²) < 4.78 is 37.3. The van der Waals surface area contributed by atoms with Crippen LogP contribution in [0.4, 0.5) is 19.0 Å². The van der Waals surface area contributed by atoms with E-state index in [1.165, 1.54) is 10.9 Å².